The van der Waals surface area contributed by atoms with Gasteiger partial charge in [0.15, 0.2) is 0 Å². The lowest BCUT2D eigenvalue weighted by molar-refractivity contribution is -0.150. The zero-order valence-corrected chi connectivity index (χ0v) is 11.0. The summed E-state index contributed by atoms with van der Waals surface area (Å²) in [6, 6.07) is 4.00. The van der Waals surface area contributed by atoms with Gasteiger partial charge in [-0.3, -0.25) is 14.7 Å². The molecule has 1 aliphatic rings. The van der Waals surface area contributed by atoms with E-state index in [-0.39, 0.29) is 0 Å². The second-order valence-electron chi connectivity index (χ2n) is 5.41. The smallest absolute Gasteiger partial charge is 0.309 e. The Bertz CT molecular complexity index is 437. The number of carboxylic acids is 1. The summed E-state index contributed by atoms with van der Waals surface area (Å²) in [5.41, 5.74) is 1.75. The zero-order valence-electron chi connectivity index (χ0n) is 11.0. The van der Waals surface area contributed by atoms with Gasteiger partial charge in [-0.15, -0.1) is 0 Å². The highest BCUT2D eigenvalue weighted by Crippen LogP contribution is 2.31. The molecule has 1 aromatic heterocycles. The second-order valence-corrected chi connectivity index (χ2v) is 5.41. The molecule has 0 unspecified atom stereocenters. The van der Waals surface area contributed by atoms with Gasteiger partial charge in [-0.05, 0) is 51.4 Å². The molecule has 0 saturated carbocycles. The molecule has 2 rings (SSSR count). The topological polar surface area (TPSA) is 53.4 Å². The molecular weight excluding hydrogens is 228 g/mol. The summed E-state index contributed by atoms with van der Waals surface area (Å²) >= 11 is 0. The minimum atomic E-state index is -0.670. The van der Waals surface area contributed by atoms with E-state index in [0.717, 1.165) is 25.3 Å². The van der Waals surface area contributed by atoms with E-state index in [0.29, 0.717) is 12.8 Å². The van der Waals surface area contributed by atoms with Crippen molar-refractivity contribution >= 4 is 5.97 Å². The van der Waals surface area contributed by atoms with Crippen LogP contribution < -0.4 is 0 Å². The Morgan fingerprint density at radius 1 is 1.50 bits per heavy atom. The SMILES string of the molecule is Cc1cccnc1CN1CCC(C)(C(=O)O)CC1. The first-order valence-electron chi connectivity index (χ1n) is 6.37. The van der Waals surface area contributed by atoms with Crippen LogP contribution in [0.2, 0.25) is 0 Å². The molecule has 1 N–H and O–H groups in total. The van der Waals surface area contributed by atoms with Crippen molar-refractivity contribution in [2.45, 2.75) is 33.2 Å². The number of hydrogen-bond donors (Lipinski definition) is 1. The van der Waals surface area contributed by atoms with Gasteiger partial charge in [0.25, 0.3) is 0 Å². The molecule has 1 saturated heterocycles. The van der Waals surface area contributed by atoms with Crippen molar-refractivity contribution < 1.29 is 9.90 Å². The number of likely N-dealkylation sites (tertiary alicyclic amines) is 1. The fourth-order valence-corrected chi connectivity index (χ4v) is 2.31. The minimum absolute atomic E-state index is 0.546. The summed E-state index contributed by atoms with van der Waals surface area (Å²) in [4.78, 5) is 17.8. The van der Waals surface area contributed by atoms with Crippen LogP contribution in [0.25, 0.3) is 0 Å². The van der Waals surface area contributed by atoms with Crippen LogP contribution in [0.4, 0.5) is 0 Å². The minimum Gasteiger partial charge on any atom is -0.481 e. The molecule has 1 aromatic rings. The number of nitrogens with zero attached hydrogens (tertiary/aromatic N) is 2. The first-order valence-corrected chi connectivity index (χ1v) is 6.37. The first-order chi connectivity index (χ1) is 8.51. The average molecular weight is 248 g/mol. The van der Waals surface area contributed by atoms with Gasteiger partial charge in [-0.2, -0.15) is 0 Å². The van der Waals surface area contributed by atoms with Crippen LogP contribution in [0, 0.1) is 12.3 Å². The summed E-state index contributed by atoms with van der Waals surface area (Å²) < 4.78 is 0. The van der Waals surface area contributed by atoms with Gasteiger partial charge in [-0.1, -0.05) is 6.07 Å². The number of piperidine rings is 1. The summed E-state index contributed by atoms with van der Waals surface area (Å²) in [6.07, 6.45) is 3.25. The number of carboxylic acid groups (broad SMARTS) is 1. The third kappa shape index (κ3) is 2.70. The molecule has 0 bridgehead atoms. The lowest BCUT2D eigenvalue weighted by Gasteiger charge is -2.36. The maximum atomic E-state index is 11.2. The number of aromatic nitrogens is 1. The van der Waals surface area contributed by atoms with Crippen LogP contribution >= 0.6 is 0 Å². The fourth-order valence-electron chi connectivity index (χ4n) is 2.31. The van der Waals surface area contributed by atoms with E-state index in [2.05, 4.69) is 22.9 Å². The Kier molecular flexibility index (Phi) is 3.66. The molecule has 1 aliphatic heterocycles. The van der Waals surface area contributed by atoms with Gasteiger partial charge in [0.2, 0.25) is 0 Å². The molecule has 98 valence electrons. The van der Waals surface area contributed by atoms with Crippen LogP contribution in [0.5, 0.6) is 0 Å². The van der Waals surface area contributed by atoms with Gasteiger partial charge in [-0.25, -0.2) is 0 Å². The largest absolute Gasteiger partial charge is 0.481 e. The number of aryl methyl sites for hydroxylation is 1. The van der Waals surface area contributed by atoms with Gasteiger partial charge in [0.1, 0.15) is 0 Å². The van der Waals surface area contributed by atoms with E-state index in [9.17, 15) is 9.90 Å². The number of aliphatic carboxylic acids is 1. The molecule has 2 heterocycles. The van der Waals surface area contributed by atoms with Crippen LogP contribution in [-0.2, 0) is 11.3 Å². The van der Waals surface area contributed by atoms with Gasteiger partial charge in [0, 0.05) is 12.7 Å². The maximum absolute atomic E-state index is 11.2. The Labute approximate surface area is 108 Å². The van der Waals surface area contributed by atoms with Gasteiger partial charge < -0.3 is 5.11 Å². The molecule has 0 amide bonds. The first kappa shape index (κ1) is 13.0. The van der Waals surface area contributed by atoms with Crippen LogP contribution in [0.15, 0.2) is 18.3 Å². The maximum Gasteiger partial charge on any atom is 0.309 e. The van der Waals surface area contributed by atoms with E-state index in [1.807, 2.05) is 19.2 Å². The van der Waals surface area contributed by atoms with Crippen LogP contribution in [0.3, 0.4) is 0 Å². The van der Waals surface area contributed by atoms with Crippen molar-refractivity contribution in [2.75, 3.05) is 13.1 Å². The highest BCUT2D eigenvalue weighted by molar-refractivity contribution is 5.74. The van der Waals surface area contributed by atoms with Crippen molar-refractivity contribution in [2.24, 2.45) is 5.41 Å². The Morgan fingerprint density at radius 3 is 2.72 bits per heavy atom. The molecular formula is C14H20N2O2. The molecule has 1 fully saturated rings. The van der Waals surface area contributed by atoms with E-state index in [1.165, 1.54) is 5.56 Å². The van der Waals surface area contributed by atoms with E-state index in [4.69, 9.17) is 0 Å². The summed E-state index contributed by atoms with van der Waals surface area (Å²) in [5.74, 6) is -0.670. The number of hydrogen-bond acceptors (Lipinski definition) is 3. The van der Waals surface area contributed by atoms with Crippen molar-refractivity contribution in [1.29, 1.82) is 0 Å². The molecule has 0 atom stereocenters. The van der Waals surface area contributed by atoms with Crippen LogP contribution in [-0.4, -0.2) is 34.0 Å². The molecule has 0 aromatic carbocycles. The molecule has 4 heteroatoms. The quantitative estimate of drug-likeness (QED) is 0.889. The normalized spacial score (nSPS) is 19.7. The van der Waals surface area contributed by atoms with Crippen molar-refractivity contribution in [1.82, 2.24) is 9.88 Å². The summed E-state index contributed by atoms with van der Waals surface area (Å²) in [5, 5.41) is 9.19. The predicted octanol–water partition coefficient (Wildman–Crippen LogP) is 2.08. The third-order valence-corrected chi connectivity index (χ3v) is 3.97. The average Bonchev–Trinajstić information content (AvgIpc) is 2.35. The molecule has 0 radical (unpaired) electrons. The molecule has 4 nitrogen and oxygen atoms in total. The highest BCUT2D eigenvalue weighted by Gasteiger charge is 2.36. The van der Waals surface area contributed by atoms with E-state index >= 15 is 0 Å². The lowest BCUT2D eigenvalue weighted by Crippen LogP contribution is -2.42. The predicted molar refractivity (Wildman–Crippen MR) is 69.2 cm³/mol. The van der Waals surface area contributed by atoms with E-state index in [1.54, 1.807) is 0 Å². The summed E-state index contributed by atoms with van der Waals surface area (Å²) in [7, 11) is 0. The van der Waals surface area contributed by atoms with Gasteiger partial charge in [0.05, 0.1) is 11.1 Å². The third-order valence-electron chi connectivity index (χ3n) is 3.97. The molecule has 0 spiro atoms. The standard InChI is InChI=1S/C14H20N2O2/c1-11-4-3-7-15-12(11)10-16-8-5-14(2,6-9-16)13(17)18/h3-4,7H,5-6,8-10H2,1-2H3,(H,17,18). The Morgan fingerprint density at radius 2 is 2.17 bits per heavy atom. The van der Waals surface area contributed by atoms with E-state index < -0.39 is 11.4 Å². The Hall–Kier alpha value is -1.42. The van der Waals surface area contributed by atoms with Crippen LogP contribution in [0.1, 0.15) is 31.0 Å². The van der Waals surface area contributed by atoms with Crippen molar-refractivity contribution in [3.63, 3.8) is 0 Å². The monoisotopic (exact) mass is 248 g/mol. The number of rotatable bonds is 3. The zero-order chi connectivity index (χ0) is 13.2. The van der Waals surface area contributed by atoms with Gasteiger partial charge >= 0.3 is 5.97 Å². The number of pyridine rings is 1. The fraction of sp³-hybridized carbons (Fsp3) is 0.571. The lowest BCUT2D eigenvalue weighted by atomic mass is 9.80. The second kappa shape index (κ2) is 5.06. The Balaban J connectivity index is 1.95. The van der Waals surface area contributed by atoms with Crippen molar-refractivity contribution in [3.05, 3.63) is 29.6 Å². The highest BCUT2D eigenvalue weighted by atomic mass is 16.4. The van der Waals surface area contributed by atoms with Crippen molar-refractivity contribution in [3.8, 4) is 0 Å². The number of carbonyl (C=O) groups is 1. The summed E-state index contributed by atoms with van der Waals surface area (Å²) in [6.45, 7) is 6.40. The molecule has 18 heavy (non-hydrogen) atoms. The molecule has 0 aliphatic carbocycles.